The van der Waals surface area contributed by atoms with Crippen LogP contribution in [0.25, 0.3) is 28.0 Å². The molecule has 0 unspecified atom stereocenters. The van der Waals surface area contributed by atoms with E-state index in [1.165, 1.54) is 4.52 Å². The molecule has 3 aromatic heterocycles. The van der Waals surface area contributed by atoms with E-state index in [2.05, 4.69) is 15.6 Å². The summed E-state index contributed by atoms with van der Waals surface area (Å²) in [7, 11) is -2.21. The number of sulfone groups is 1. The van der Waals surface area contributed by atoms with Gasteiger partial charge in [-0.3, -0.25) is 14.6 Å². The second kappa shape index (κ2) is 12.8. The van der Waals surface area contributed by atoms with Crippen LogP contribution in [-0.4, -0.2) is 72.7 Å². The molecule has 1 amide bonds. The van der Waals surface area contributed by atoms with Gasteiger partial charge >= 0.3 is 0 Å². The first-order valence-corrected chi connectivity index (χ1v) is 17.0. The highest BCUT2D eigenvalue weighted by molar-refractivity contribution is 7.91. The zero-order valence-corrected chi connectivity index (χ0v) is 26.3. The van der Waals surface area contributed by atoms with Gasteiger partial charge in [-0.25, -0.2) is 18.9 Å². The van der Waals surface area contributed by atoms with E-state index in [-0.39, 0.29) is 29.1 Å². The average Bonchev–Trinajstić information content (AvgIpc) is 3.77. The molecule has 0 aliphatic heterocycles. The molecule has 13 heteroatoms. The predicted octanol–water partition coefficient (Wildman–Crippen LogP) is 3.96. The molecule has 6 rings (SSSR count). The molecule has 12 nitrogen and oxygen atoms in total. The van der Waals surface area contributed by atoms with Gasteiger partial charge in [-0.2, -0.15) is 9.61 Å². The van der Waals surface area contributed by atoms with Gasteiger partial charge in [0.05, 0.1) is 37.4 Å². The van der Waals surface area contributed by atoms with Crippen LogP contribution in [0.3, 0.4) is 0 Å². The molecule has 0 saturated heterocycles. The minimum Gasteiger partial charge on any atom is -0.382 e. The molecular formula is C32H38N6O6S. The summed E-state index contributed by atoms with van der Waals surface area (Å²) in [6.07, 6.45) is 8.27. The number of carbonyl (C=O) groups is 1. The lowest BCUT2D eigenvalue weighted by atomic mass is 9.76. The highest BCUT2D eigenvalue weighted by Crippen LogP contribution is 2.43. The van der Waals surface area contributed by atoms with Gasteiger partial charge in [-0.05, 0) is 50.5 Å². The topological polar surface area (TPSA) is 160 Å². The summed E-state index contributed by atoms with van der Waals surface area (Å²) in [5.41, 5.74) is 12.1. The van der Waals surface area contributed by atoms with Gasteiger partial charge in [0.15, 0.2) is 15.5 Å². The average molecular weight is 635 g/mol. The van der Waals surface area contributed by atoms with Crippen LogP contribution in [0.15, 0.2) is 59.8 Å². The van der Waals surface area contributed by atoms with Gasteiger partial charge in [0.25, 0.3) is 5.91 Å². The van der Waals surface area contributed by atoms with Crippen molar-refractivity contribution in [1.29, 1.82) is 0 Å². The number of hydrogen-bond donors (Lipinski definition) is 2. The Hall–Kier alpha value is -3.91. The quantitative estimate of drug-likeness (QED) is 0.172. The second-order valence-electron chi connectivity index (χ2n) is 11.9. The van der Waals surface area contributed by atoms with Crippen molar-refractivity contribution in [2.75, 3.05) is 38.9 Å². The summed E-state index contributed by atoms with van der Waals surface area (Å²) < 4.78 is 38.9. The summed E-state index contributed by atoms with van der Waals surface area (Å²) >= 11 is 0. The molecule has 2 fully saturated rings. The highest BCUT2D eigenvalue weighted by atomic mass is 32.2. The summed E-state index contributed by atoms with van der Waals surface area (Å²) in [5, 5.41) is 4.41. The Labute approximate surface area is 262 Å². The van der Waals surface area contributed by atoms with Gasteiger partial charge < -0.3 is 15.2 Å². The number of pyridine rings is 1. The molecule has 0 spiro atoms. The molecule has 3 N–H and O–H groups in total. The number of rotatable bonds is 12. The first kappa shape index (κ1) is 31.1. The van der Waals surface area contributed by atoms with Crippen molar-refractivity contribution in [2.24, 2.45) is 5.92 Å². The van der Waals surface area contributed by atoms with Crippen LogP contribution >= 0.6 is 0 Å². The van der Waals surface area contributed by atoms with E-state index in [9.17, 15) is 13.2 Å². The number of fused-ring (bicyclic) bond motifs is 1. The maximum Gasteiger partial charge on any atom is 0.275 e. The first-order chi connectivity index (χ1) is 21.7. The van der Waals surface area contributed by atoms with Gasteiger partial charge in [0, 0.05) is 42.2 Å². The number of methoxy groups -OCH3 is 1. The number of amides is 1. The molecule has 1 aromatic carbocycles. The monoisotopic (exact) mass is 634 g/mol. The van der Waals surface area contributed by atoms with E-state index >= 15 is 0 Å². The van der Waals surface area contributed by atoms with Crippen molar-refractivity contribution >= 4 is 27.2 Å². The minimum absolute atomic E-state index is 0.00276. The van der Waals surface area contributed by atoms with Crippen LogP contribution in [0.5, 0.6) is 0 Å². The van der Waals surface area contributed by atoms with Crippen LogP contribution in [0.2, 0.25) is 0 Å². The lowest BCUT2D eigenvalue weighted by molar-refractivity contribution is -0.167. The van der Waals surface area contributed by atoms with Gasteiger partial charge in [-0.1, -0.05) is 36.4 Å². The number of benzene rings is 1. The Morgan fingerprint density at radius 1 is 1.04 bits per heavy atom. The summed E-state index contributed by atoms with van der Waals surface area (Å²) in [4.78, 5) is 28.3. The molecule has 2 aliphatic rings. The van der Waals surface area contributed by atoms with Crippen LogP contribution in [-0.2, 0) is 28.9 Å². The van der Waals surface area contributed by atoms with E-state index in [1.54, 1.807) is 19.5 Å². The fourth-order valence-corrected chi connectivity index (χ4v) is 6.99. The Kier molecular flexibility index (Phi) is 8.87. The standard InChI is InChI=1S/C32H38N6O6S/c1-42-16-17-43-32(31(39)37-44-20-21-8-9-21)14-12-23(13-15-32)27-28(45(2,40)41)29(33)38-30(36-27)25(19-35-38)24-10-11-26(34-18-24)22-6-4-3-5-7-22/h3-7,10-11,18-19,21,23H,8-9,12-17,20,33H2,1-2H3,(H,37,39). The zero-order chi connectivity index (χ0) is 31.6. The van der Waals surface area contributed by atoms with Crippen molar-refractivity contribution in [2.45, 2.75) is 54.9 Å². The molecule has 0 bridgehead atoms. The van der Waals surface area contributed by atoms with Crippen molar-refractivity contribution < 1.29 is 27.5 Å². The number of carbonyl (C=O) groups excluding carboxylic acids is 1. The summed E-state index contributed by atoms with van der Waals surface area (Å²) in [5.74, 6) is -0.147. The predicted molar refractivity (Wildman–Crippen MR) is 168 cm³/mol. The molecule has 4 aromatic rings. The largest absolute Gasteiger partial charge is 0.382 e. The maximum absolute atomic E-state index is 13.3. The van der Waals surface area contributed by atoms with E-state index in [0.29, 0.717) is 61.7 Å². The second-order valence-corrected chi connectivity index (χ2v) is 13.8. The Bertz CT molecular complexity index is 1770. The molecule has 3 heterocycles. The molecule has 45 heavy (non-hydrogen) atoms. The SMILES string of the molecule is COCCOC1(C(=O)NOCC2CC2)CCC(c2nc3c(-c4ccc(-c5ccccc5)nc4)cnn3c(N)c2S(C)(=O)=O)CC1. The van der Waals surface area contributed by atoms with Crippen molar-refractivity contribution in [1.82, 2.24) is 25.1 Å². The van der Waals surface area contributed by atoms with Crippen LogP contribution < -0.4 is 11.2 Å². The summed E-state index contributed by atoms with van der Waals surface area (Å²) in [6.45, 7) is 1.04. The molecule has 0 atom stereocenters. The number of hydroxylamine groups is 1. The Morgan fingerprint density at radius 3 is 2.44 bits per heavy atom. The highest BCUT2D eigenvalue weighted by Gasteiger charge is 2.45. The van der Waals surface area contributed by atoms with Crippen molar-refractivity contribution in [3.05, 3.63) is 60.6 Å². The zero-order valence-electron chi connectivity index (χ0n) is 25.4. The number of hydrogen-bond acceptors (Lipinski definition) is 10. The fourth-order valence-electron chi connectivity index (χ4n) is 5.93. The number of aromatic nitrogens is 4. The number of nitrogens with two attached hydrogens (primary N) is 1. The third kappa shape index (κ3) is 6.57. The van der Waals surface area contributed by atoms with Crippen LogP contribution in [0.4, 0.5) is 5.82 Å². The normalized spacial score (nSPS) is 20.4. The number of nitrogens with one attached hydrogen (secondary N) is 1. The number of ether oxygens (including phenoxy) is 2. The van der Waals surface area contributed by atoms with Crippen molar-refractivity contribution in [3.63, 3.8) is 0 Å². The molecule has 2 saturated carbocycles. The number of nitrogens with zero attached hydrogens (tertiary/aromatic N) is 4. The first-order valence-electron chi connectivity index (χ1n) is 15.1. The molecule has 238 valence electrons. The molecular weight excluding hydrogens is 596 g/mol. The summed E-state index contributed by atoms with van der Waals surface area (Å²) in [6, 6.07) is 13.7. The lowest BCUT2D eigenvalue weighted by Crippen LogP contribution is -2.51. The smallest absolute Gasteiger partial charge is 0.275 e. The Morgan fingerprint density at radius 2 is 1.80 bits per heavy atom. The fraction of sp³-hybridized carbons (Fsp3) is 0.438. The molecule has 0 radical (unpaired) electrons. The third-order valence-electron chi connectivity index (χ3n) is 8.62. The third-order valence-corrected chi connectivity index (χ3v) is 9.78. The Balaban J connectivity index is 1.31. The number of anilines is 1. The van der Waals surface area contributed by atoms with E-state index in [0.717, 1.165) is 35.9 Å². The minimum atomic E-state index is -3.78. The number of nitrogen functional groups attached to an aromatic ring is 1. The van der Waals surface area contributed by atoms with Crippen LogP contribution in [0, 0.1) is 5.92 Å². The molecule has 2 aliphatic carbocycles. The lowest BCUT2D eigenvalue weighted by Gasteiger charge is -2.38. The van der Waals surface area contributed by atoms with E-state index in [1.807, 2.05) is 42.5 Å². The van der Waals surface area contributed by atoms with E-state index in [4.69, 9.17) is 25.0 Å². The van der Waals surface area contributed by atoms with Gasteiger partial charge in [0.1, 0.15) is 16.3 Å². The van der Waals surface area contributed by atoms with Gasteiger partial charge in [-0.15, -0.1) is 0 Å². The maximum atomic E-state index is 13.3. The van der Waals surface area contributed by atoms with Crippen LogP contribution in [0.1, 0.15) is 50.1 Å². The van der Waals surface area contributed by atoms with Crippen molar-refractivity contribution in [3.8, 4) is 22.4 Å². The van der Waals surface area contributed by atoms with Gasteiger partial charge in [0.2, 0.25) is 0 Å². The van der Waals surface area contributed by atoms with E-state index < -0.39 is 15.4 Å².